The summed E-state index contributed by atoms with van der Waals surface area (Å²) in [6.45, 7) is -0.308. The molecule has 3 aromatic rings. The number of nitrogens with zero attached hydrogens (tertiary/aromatic N) is 3. The molecule has 0 saturated carbocycles. The van der Waals surface area contributed by atoms with Crippen LogP contribution in [0, 0.1) is 17.3 Å². The number of alkyl carbamates (subject to hydrolysis) is 1. The largest absolute Gasteiger partial charge is 0.496 e. The number of nitrogens with one attached hydrogen (secondary N) is 1. The molecule has 0 fully saturated rings. The molecule has 0 spiro atoms. The van der Waals surface area contributed by atoms with Crippen molar-refractivity contribution < 1.29 is 23.5 Å². The monoisotopic (exact) mass is 524 g/mol. The third-order valence-corrected chi connectivity index (χ3v) is 5.85. The Morgan fingerprint density at radius 1 is 1.05 bits per heavy atom. The lowest BCUT2D eigenvalue weighted by Crippen LogP contribution is -2.52. The van der Waals surface area contributed by atoms with Gasteiger partial charge in [-0.2, -0.15) is 5.26 Å². The molecule has 0 bridgehead atoms. The second-order valence-electron chi connectivity index (χ2n) is 8.01. The van der Waals surface area contributed by atoms with Crippen LogP contribution >= 0.6 is 11.6 Å². The van der Waals surface area contributed by atoms with Gasteiger partial charge in [0, 0.05) is 13.5 Å². The fourth-order valence-electron chi connectivity index (χ4n) is 3.57. The Kier molecular flexibility index (Phi) is 9.69. The summed E-state index contributed by atoms with van der Waals surface area (Å²) in [5, 5.41) is 14.2. The van der Waals surface area contributed by atoms with E-state index in [9.17, 15) is 19.2 Å². The van der Waals surface area contributed by atoms with Gasteiger partial charge in [-0.05, 0) is 23.3 Å². The van der Waals surface area contributed by atoms with Crippen molar-refractivity contribution in [2.75, 3.05) is 14.2 Å². The number of carbonyl (C=O) groups excluding carboxylic acids is 2. The molecule has 0 unspecified atom stereocenters. The predicted octanol–water partition coefficient (Wildman–Crippen LogP) is 4.68. The van der Waals surface area contributed by atoms with Crippen LogP contribution in [0.1, 0.15) is 16.7 Å². The first-order valence-corrected chi connectivity index (χ1v) is 11.7. The van der Waals surface area contributed by atoms with Crippen molar-refractivity contribution in [1.29, 1.82) is 5.26 Å². The molecule has 2 amide bonds. The van der Waals surface area contributed by atoms with E-state index in [0.717, 1.165) is 21.1 Å². The molecular weight excluding hydrogens is 499 g/mol. The molecular formula is C27H26ClFN4O4. The number of amides is 2. The average molecular weight is 525 g/mol. The lowest BCUT2D eigenvalue weighted by atomic mass is 10.1. The summed E-state index contributed by atoms with van der Waals surface area (Å²) in [5.41, 5.74) is 1.57. The molecule has 0 saturated heterocycles. The molecule has 0 radical (unpaired) electrons. The number of methoxy groups -OCH3 is 1. The number of hydrazine groups is 1. The Morgan fingerprint density at radius 2 is 1.68 bits per heavy atom. The molecule has 3 aromatic carbocycles. The van der Waals surface area contributed by atoms with Gasteiger partial charge in [0.15, 0.2) is 12.0 Å². The van der Waals surface area contributed by atoms with Crippen molar-refractivity contribution in [2.24, 2.45) is 0 Å². The zero-order valence-corrected chi connectivity index (χ0v) is 21.1. The van der Waals surface area contributed by atoms with Gasteiger partial charge in [0.2, 0.25) is 0 Å². The number of hydrogen-bond donors (Lipinski definition) is 1. The van der Waals surface area contributed by atoms with Crippen molar-refractivity contribution >= 4 is 23.6 Å². The van der Waals surface area contributed by atoms with Crippen molar-refractivity contribution in [3.05, 3.63) is 100 Å². The SMILES string of the molecule is COc1ccc(Cl)c(F)c1CN(C#N)N(C)C(=O)[C@H](Cc1ccccc1)NC(=O)OCc1ccccc1. The van der Waals surface area contributed by atoms with Gasteiger partial charge in [-0.1, -0.05) is 72.3 Å². The predicted molar refractivity (Wildman–Crippen MR) is 136 cm³/mol. The summed E-state index contributed by atoms with van der Waals surface area (Å²) in [4.78, 5) is 26.0. The van der Waals surface area contributed by atoms with Gasteiger partial charge in [0.25, 0.3) is 5.91 Å². The van der Waals surface area contributed by atoms with Gasteiger partial charge < -0.3 is 14.8 Å². The van der Waals surface area contributed by atoms with Gasteiger partial charge in [-0.3, -0.25) is 4.79 Å². The second kappa shape index (κ2) is 13.1. The maximum atomic E-state index is 14.7. The smallest absolute Gasteiger partial charge is 0.408 e. The van der Waals surface area contributed by atoms with Gasteiger partial charge in [-0.25, -0.2) is 19.2 Å². The normalized spacial score (nSPS) is 11.1. The van der Waals surface area contributed by atoms with Crippen molar-refractivity contribution in [3.63, 3.8) is 0 Å². The summed E-state index contributed by atoms with van der Waals surface area (Å²) in [6, 6.07) is 19.9. The summed E-state index contributed by atoms with van der Waals surface area (Å²) in [6.07, 6.45) is 1.22. The number of rotatable bonds is 10. The van der Waals surface area contributed by atoms with Crippen LogP contribution in [-0.4, -0.2) is 42.2 Å². The summed E-state index contributed by atoms with van der Waals surface area (Å²) in [7, 11) is 2.72. The van der Waals surface area contributed by atoms with E-state index in [1.807, 2.05) is 66.9 Å². The van der Waals surface area contributed by atoms with E-state index < -0.39 is 23.9 Å². The standard InChI is InChI=1S/C27H26ClFN4O4/c1-32(33(18-30)16-21-24(36-2)14-13-22(28)25(21)29)26(34)23(15-19-9-5-3-6-10-19)31-27(35)37-17-20-11-7-4-8-12-20/h3-14,23H,15-17H2,1-2H3,(H,31,35)/t23-/m0/s1. The van der Waals surface area contributed by atoms with E-state index in [1.165, 1.54) is 26.3 Å². The van der Waals surface area contributed by atoms with E-state index in [-0.39, 0.29) is 35.9 Å². The van der Waals surface area contributed by atoms with E-state index in [2.05, 4.69) is 5.32 Å². The highest BCUT2D eigenvalue weighted by Crippen LogP contribution is 2.28. The first kappa shape index (κ1) is 27.3. The Labute approximate surface area is 219 Å². The first-order valence-electron chi connectivity index (χ1n) is 11.3. The molecule has 0 aliphatic heterocycles. The second-order valence-corrected chi connectivity index (χ2v) is 8.42. The third-order valence-electron chi connectivity index (χ3n) is 5.56. The maximum Gasteiger partial charge on any atom is 0.408 e. The fraction of sp³-hybridized carbons (Fsp3) is 0.222. The Hall–Kier alpha value is -4.29. The minimum Gasteiger partial charge on any atom is -0.496 e. The van der Waals surface area contributed by atoms with Crippen molar-refractivity contribution in [1.82, 2.24) is 15.3 Å². The maximum absolute atomic E-state index is 14.7. The van der Waals surface area contributed by atoms with Crippen LogP contribution in [0.2, 0.25) is 5.02 Å². The van der Waals surface area contributed by atoms with Crippen LogP contribution in [0.25, 0.3) is 0 Å². The van der Waals surface area contributed by atoms with E-state index in [1.54, 1.807) is 0 Å². The van der Waals surface area contributed by atoms with E-state index in [4.69, 9.17) is 21.1 Å². The molecule has 1 atom stereocenters. The minimum atomic E-state index is -1.07. The number of halogens is 2. The van der Waals surface area contributed by atoms with E-state index >= 15 is 0 Å². The van der Waals surface area contributed by atoms with Crippen LogP contribution in [0.4, 0.5) is 9.18 Å². The lowest BCUT2D eigenvalue weighted by molar-refractivity contribution is -0.144. The Bertz CT molecular complexity index is 1250. The first-order chi connectivity index (χ1) is 17.8. The molecule has 10 heteroatoms. The number of ether oxygens (including phenoxy) is 2. The molecule has 192 valence electrons. The van der Waals surface area contributed by atoms with Gasteiger partial charge in [0.05, 0.1) is 24.2 Å². The quantitative estimate of drug-likeness (QED) is 0.235. The van der Waals surface area contributed by atoms with Crippen LogP contribution in [-0.2, 0) is 29.1 Å². The number of likely N-dealkylation sites (N-methyl/N-ethyl adjacent to an activating group) is 1. The number of nitriles is 1. The number of hydrogen-bond acceptors (Lipinski definition) is 6. The van der Waals surface area contributed by atoms with Crippen molar-refractivity contribution in [2.45, 2.75) is 25.6 Å². The molecule has 0 aromatic heterocycles. The van der Waals surface area contributed by atoms with Crippen LogP contribution in [0.5, 0.6) is 5.75 Å². The van der Waals surface area contributed by atoms with Crippen LogP contribution in [0.3, 0.4) is 0 Å². The highest BCUT2D eigenvalue weighted by molar-refractivity contribution is 6.30. The third kappa shape index (κ3) is 7.35. The van der Waals surface area contributed by atoms with Crippen LogP contribution in [0.15, 0.2) is 72.8 Å². The molecule has 3 rings (SSSR count). The molecule has 37 heavy (non-hydrogen) atoms. The summed E-state index contributed by atoms with van der Waals surface area (Å²) in [5.74, 6) is -1.19. The van der Waals surface area contributed by atoms with Gasteiger partial charge in [-0.15, -0.1) is 0 Å². The topological polar surface area (TPSA) is 94.9 Å². The number of benzene rings is 3. The fourth-order valence-corrected chi connectivity index (χ4v) is 3.75. The lowest BCUT2D eigenvalue weighted by Gasteiger charge is -2.31. The zero-order valence-electron chi connectivity index (χ0n) is 20.4. The molecule has 0 aliphatic carbocycles. The molecule has 1 N–H and O–H groups in total. The average Bonchev–Trinajstić information content (AvgIpc) is 2.92. The Balaban J connectivity index is 1.78. The summed E-state index contributed by atoms with van der Waals surface area (Å²) >= 11 is 5.91. The highest BCUT2D eigenvalue weighted by Gasteiger charge is 2.29. The highest BCUT2D eigenvalue weighted by atomic mass is 35.5. The molecule has 8 nitrogen and oxygen atoms in total. The van der Waals surface area contributed by atoms with E-state index in [0.29, 0.717) is 0 Å². The summed E-state index contributed by atoms with van der Waals surface area (Å²) < 4.78 is 25.2. The van der Waals surface area contributed by atoms with Crippen molar-refractivity contribution in [3.8, 4) is 11.9 Å². The Morgan fingerprint density at radius 3 is 2.27 bits per heavy atom. The number of carbonyl (C=O) groups is 2. The zero-order chi connectivity index (χ0) is 26.8. The molecule has 0 aliphatic rings. The molecule has 0 heterocycles. The van der Waals surface area contributed by atoms with Gasteiger partial charge in [0.1, 0.15) is 18.4 Å². The minimum absolute atomic E-state index is 0.00559. The van der Waals surface area contributed by atoms with Gasteiger partial charge >= 0.3 is 6.09 Å². The van der Waals surface area contributed by atoms with Crippen LogP contribution < -0.4 is 10.1 Å².